The number of nitrogens with one attached hydrogen (secondary N) is 1. The molecule has 0 spiro atoms. The zero-order valence-electron chi connectivity index (χ0n) is 24.2. The topological polar surface area (TPSA) is 102 Å². The van der Waals surface area contributed by atoms with E-state index in [-0.39, 0.29) is 36.8 Å². The van der Waals surface area contributed by atoms with Gasteiger partial charge >= 0.3 is 11.6 Å². The number of fused-ring (bicyclic) bond motifs is 1. The maximum absolute atomic E-state index is 13.8. The number of aromatic nitrogens is 4. The fourth-order valence-electron chi connectivity index (χ4n) is 4.73. The van der Waals surface area contributed by atoms with Gasteiger partial charge < -0.3 is 32.3 Å². The number of anilines is 1. The van der Waals surface area contributed by atoms with Crippen LogP contribution in [0.25, 0.3) is 5.65 Å². The van der Waals surface area contributed by atoms with Crippen molar-refractivity contribution in [3.63, 3.8) is 0 Å². The molecule has 1 aliphatic rings. The number of methoxy groups -OCH3 is 1. The molecule has 0 aliphatic heterocycles. The first kappa shape index (κ1) is 30.6. The third kappa shape index (κ3) is 6.64. The van der Waals surface area contributed by atoms with Crippen LogP contribution in [-0.4, -0.2) is 52.0 Å². The molecule has 2 aromatic heterocycles. The van der Waals surface area contributed by atoms with Crippen molar-refractivity contribution in [2.24, 2.45) is 0 Å². The summed E-state index contributed by atoms with van der Waals surface area (Å²) < 4.78 is 15.1. The molecule has 214 valence electrons. The van der Waals surface area contributed by atoms with Crippen molar-refractivity contribution in [1.82, 2.24) is 14.7 Å². The third-order valence-electron chi connectivity index (χ3n) is 7.11. The van der Waals surface area contributed by atoms with Crippen molar-refractivity contribution >= 4 is 17.4 Å². The third-order valence-corrected chi connectivity index (χ3v) is 7.11. The lowest BCUT2D eigenvalue weighted by Crippen LogP contribution is -3.00. The summed E-state index contributed by atoms with van der Waals surface area (Å²) in [5, 5.41) is 22.3. The second-order valence-electron chi connectivity index (χ2n) is 11.2. The molecule has 10 heteroatoms. The molecule has 0 radical (unpaired) electrons. The number of halogens is 1. The summed E-state index contributed by atoms with van der Waals surface area (Å²) in [6.45, 7) is 13.1. The lowest BCUT2D eigenvalue weighted by atomic mass is 9.83. The van der Waals surface area contributed by atoms with E-state index >= 15 is 0 Å². The van der Waals surface area contributed by atoms with Crippen molar-refractivity contribution in [3.8, 4) is 11.6 Å². The number of rotatable bonds is 12. The number of ether oxygens (including phenoxy) is 2. The van der Waals surface area contributed by atoms with Gasteiger partial charge in [0.15, 0.2) is 6.54 Å². The summed E-state index contributed by atoms with van der Waals surface area (Å²) in [4.78, 5) is 13.8. The van der Waals surface area contributed by atoms with Crippen LogP contribution in [0.4, 0.5) is 5.95 Å². The van der Waals surface area contributed by atoms with Gasteiger partial charge in [0, 0.05) is 29.3 Å². The van der Waals surface area contributed by atoms with Crippen LogP contribution in [0.2, 0.25) is 0 Å². The van der Waals surface area contributed by atoms with Crippen LogP contribution in [0.1, 0.15) is 86.0 Å². The Morgan fingerprint density at radius 3 is 2.51 bits per heavy atom. The fourth-order valence-corrected chi connectivity index (χ4v) is 4.73. The van der Waals surface area contributed by atoms with Gasteiger partial charge in [-0.3, -0.25) is 4.79 Å². The van der Waals surface area contributed by atoms with E-state index in [0.717, 1.165) is 59.3 Å². The number of hydrogen-bond acceptors (Lipinski definition) is 7. The highest BCUT2D eigenvalue weighted by Crippen LogP contribution is 2.36. The molecule has 0 amide bonds. The molecule has 1 aromatic carbocycles. The van der Waals surface area contributed by atoms with Crippen molar-refractivity contribution in [1.29, 1.82) is 0 Å². The monoisotopic (exact) mass is 559 g/mol. The molecule has 2 heterocycles. The second-order valence-corrected chi connectivity index (χ2v) is 11.2. The van der Waals surface area contributed by atoms with Crippen LogP contribution in [0.5, 0.6) is 11.6 Å². The van der Waals surface area contributed by atoms with Crippen LogP contribution in [0.15, 0.2) is 12.1 Å². The normalized spacial score (nSPS) is 13.3. The molecular formula is C29H42ClN5O4. The predicted molar refractivity (Wildman–Crippen MR) is 147 cm³/mol. The number of aliphatic hydroxyl groups excluding tert-OH is 1. The molecule has 2 N–H and O–H groups in total. The molecule has 3 aromatic rings. The second kappa shape index (κ2) is 12.5. The van der Waals surface area contributed by atoms with Crippen LogP contribution in [0, 0.1) is 13.8 Å². The largest absolute Gasteiger partial charge is 1.00 e. The Hall–Kier alpha value is -2.91. The van der Waals surface area contributed by atoms with Gasteiger partial charge in [-0.25, -0.2) is 0 Å². The Bertz CT molecular complexity index is 1330. The SMILES string of the molecule is CCOc1nn2c(NC3CC3)n[n+](CC(=O)c3cc(CCCCO)c(OC)c(C(C)(C)C)c3)c2c(C)c1C.[Cl-]. The van der Waals surface area contributed by atoms with Gasteiger partial charge in [-0.1, -0.05) is 25.3 Å². The van der Waals surface area contributed by atoms with E-state index in [1.165, 1.54) is 0 Å². The minimum atomic E-state index is -0.212. The Balaban J connectivity index is 0.00000420. The average molecular weight is 560 g/mol. The Labute approximate surface area is 237 Å². The highest BCUT2D eigenvalue weighted by molar-refractivity contribution is 5.96. The van der Waals surface area contributed by atoms with Crippen LogP contribution in [0.3, 0.4) is 0 Å². The number of carbonyl (C=O) groups is 1. The first-order chi connectivity index (χ1) is 18.1. The van der Waals surface area contributed by atoms with Crippen LogP contribution >= 0.6 is 0 Å². The molecule has 0 unspecified atom stereocenters. The molecule has 0 saturated heterocycles. The highest BCUT2D eigenvalue weighted by Gasteiger charge is 2.32. The molecule has 39 heavy (non-hydrogen) atoms. The highest BCUT2D eigenvalue weighted by atomic mass is 35.5. The minimum absolute atomic E-state index is 0. The number of unbranched alkanes of at least 4 members (excludes halogenated alkanes) is 1. The number of carbonyl (C=O) groups excluding carboxylic acids is 1. The molecular weight excluding hydrogens is 518 g/mol. The van der Waals surface area contributed by atoms with Gasteiger partial charge in [-0.15, -0.1) is 4.68 Å². The van der Waals surface area contributed by atoms with Crippen molar-refractivity contribution in [3.05, 3.63) is 39.9 Å². The number of ketones is 1. The Kier molecular flexibility index (Phi) is 9.83. The van der Waals surface area contributed by atoms with Gasteiger partial charge in [0.1, 0.15) is 5.75 Å². The first-order valence-corrected chi connectivity index (χ1v) is 13.6. The Morgan fingerprint density at radius 1 is 1.21 bits per heavy atom. The van der Waals surface area contributed by atoms with E-state index in [2.05, 4.69) is 26.1 Å². The van der Waals surface area contributed by atoms with E-state index in [9.17, 15) is 9.90 Å². The van der Waals surface area contributed by atoms with Gasteiger partial charge in [-0.05, 0) is 86.2 Å². The van der Waals surface area contributed by atoms with Gasteiger partial charge in [0.05, 0.1) is 19.3 Å². The maximum Gasteiger partial charge on any atom is 0.358 e. The summed E-state index contributed by atoms with van der Waals surface area (Å²) in [6, 6.07) is 4.28. The van der Waals surface area contributed by atoms with Crippen LogP contribution in [-0.2, 0) is 18.4 Å². The van der Waals surface area contributed by atoms with Crippen molar-refractivity contribution in [2.45, 2.75) is 91.6 Å². The van der Waals surface area contributed by atoms with Gasteiger partial charge in [0.25, 0.3) is 5.88 Å². The number of nitrogens with zero attached hydrogens (tertiary/aromatic N) is 4. The average Bonchev–Trinajstić information content (AvgIpc) is 3.62. The molecule has 1 aliphatic carbocycles. The van der Waals surface area contributed by atoms with Crippen molar-refractivity contribution in [2.75, 3.05) is 25.6 Å². The van der Waals surface area contributed by atoms with Gasteiger partial charge in [-0.2, -0.15) is 0 Å². The first-order valence-electron chi connectivity index (χ1n) is 13.6. The molecule has 1 fully saturated rings. The van der Waals surface area contributed by atoms with E-state index in [1.807, 2.05) is 32.9 Å². The van der Waals surface area contributed by atoms with E-state index in [1.54, 1.807) is 16.3 Å². The van der Waals surface area contributed by atoms with E-state index in [4.69, 9.17) is 19.7 Å². The van der Waals surface area contributed by atoms with Crippen LogP contribution < -0.4 is 31.9 Å². The number of benzene rings is 1. The molecule has 0 bridgehead atoms. The number of hydrogen-bond donors (Lipinski definition) is 2. The molecule has 9 nitrogen and oxygen atoms in total. The Morgan fingerprint density at radius 2 is 1.92 bits per heavy atom. The summed E-state index contributed by atoms with van der Waals surface area (Å²) in [5.41, 5.74) is 5.09. The number of aliphatic hydroxyl groups is 1. The summed E-state index contributed by atoms with van der Waals surface area (Å²) in [6.07, 6.45) is 4.44. The predicted octanol–water partition coefficient (Wildman–Crippen LogP) is 1.11. The summed E-state index contributed by atoms with van der Waals surface area (Å²) >= 11 is 0. The number of aryl methyl sites for hydroxylation is 2. The standard InChI is InChI=1S/C29H42N5O4.ClH/c1-8-38-26-18(2)19(3)27-33(32-28(34(27)31-26)30-22-12-13-22)17-24(36)21-15-20(11-9-10-14-35)25(37-7)23(16-21)29(4,5)6;/h15-16,22,35H,8-14,17H2,1-7H3,(H,30,32);1H/q+1;/p-1. The number of Topliss-reactive ketones (excluding diaryl/α,β-unsaturated/α-hetero) is 1. The zero-order chi connectivity index (χ0) is 27.6. The van der Waals surface area contributed by atoms with Gasteiger partial charge in [0.2, 0.25) is 5.78 Å². The molecule has 4 rings (SSSR count). The minimum Gasteiger partial charge on any atom is -1.00 e. The molecule has 1 saturated carbocycles. The summed E-state index contributed by atoms with van der Waals surface area (Å²) in [5.74, 6) is 1.98. The lowest BCUT2D eigenvalue weighted by Gasteiger charge is -2.25. The zero-order valence-corrected chi connectivity index (χ0v) is 25.0. The smallest absolute Gasteiger partial charge is 0.358 e. The van der Waals surface area contributed by atoms with Crippen molar-refractivity contribution < 1.29 is 36.5 Å². The fraction of sp³-hybridized carbons (Fsp3) is 0.586. The lowest BCUT2D eigenvalue weighted by molar-refractivity contribution is -0.714. The summed E-state index contributed by atoms with van der Waals surface area (Å²) in [7, 11) is 1.68. The van der Waals surface area contributed by atoms with E-state index in [0.29, 0.717) is 36.5 Å². The molecule has 0 atom stereocenters. The van der Waals surface area contributed by atoms with E-state index < -0.39 is 0 Å². The maximum atomic E-state index is 13.8. The quantitative estimate of drug-likeness (QED) is 0.195.